The zero-order valence-corrected chi connectivity index (χ0v) is 9.53. The average molecular weight is 218 g/mol. The highest BCUT2D eigenvalue weighted by Gasteiger charge is 2.12. The molecule has 2 aromatic rings. The van der Waals surface area contributed by atoms with Gasteiger partial charge in [0.05, 0.1) is 11.8 Å². The van der Waals surface area contributed by atoms with Crippen molar-refractivity contribution in [2.45, 2.75) is 20.8 Å². The largest absolute Gasteiger partial charge is 0.469 e. The number of hydrazine groups is 1. The van der Waals surface area contributed by atoms with Gasteiger partial charge in [0.15, 0.2) is 5.82 Å². The molecular formula is C11H14N4O. The van der Waals surface area contributed by atoms with E-state index in [0.717, 1.165) is 22.6 Å². The van der Waals surface area contributed by atoms with Crippen molar-refractivity contribution in [1.29, 1.82) is 0 Å². The number of rotatable bonds is 2. The Balaban J connectivity index is 2.59. The van der Waals surface area contributed by atoms with Crippen LogP contribution >= 0.6 is 0 Å². The van der Waals surface area contributed by atoms with E-state index in [2.05, 4.69) is 15.4 Å². The molecule has 5 heteroatoms. The van der Waals surface area contributed by atoms with Crippen molar-refractivity contribution in [2.75, 3.05) is 5.43 Å². The molecule has 0 aliphatic rings. The third-order valence-corrected chi connectivity index (χ3v) is 2.63. The highest BCUT2D eigenvalue weighted by molar-refractivity contribution is 5.60. The average Bonchev–Trinajstić information content (AvgIpc) is 2.68. The summed E-state index contributed by atoms with van der Waals surface area (Å²) >= 11 is 0. The summed E-state index contributed by atoms with van der Waals surface area (Å²) in [6.45, 7) is 5.73. The standard InChI is InChI=1S/C11H14N4O/c1-6-7(2)13-11(14-10(6)15-12)9-4-5-16-8(9)3/h4-5H,12H2,1-3H3,(H,13,14,15). The SMILES string of the molecule is Cc1nc(-c2ccoc2C)nc(NN)c1C. The number of nitrogens with zero attached hydrogens (tertiary/aromatic N) is 2. The number of nitrogens with two attached hydrogens (primary N) is 1. The number of nitrogens with one attached hydrogen (secondary N) is 1. The Kier molecular flexibility index (Phi) is 2.62. The van der Waals surface area contributed by atoms with Crippen LogP contribution in [0.4, 0.5) is 5.82 Å². The molecule has 16 heavy (non-hydrogen) atoms. The van der Waals surface area contributed by atoms with Gasteiger partial charge in [-0.15, -0.1) is 0 Å². The van der Waals surface area contributed by atoms with Gasteiger partial charge in [0.25, 0.3) is 0 Å². The Hall–Kier alpha value is -1.88. The lowest BCUT2D eigenvalue weighted by Gasteiger charge is -2.08. The second-order valence-corrected chi connectivity index (χ2v) is 3.64. The lowest BCUT2D eigenvalue weighted by atomic mass is 10.2. The van der Waals surface area contributed by atoms with E-state index in [1.54, 1.807) is 6.26 Å². The van der Waals surface area contributed by atoms with Crippen molar-refractivity contribution >= 4 is 5.82 Å². The number of aryl methyl sites for hydroxylation is 2. The lowest BCUT2D eigenvalue weighted by Crippen LogP contribution is -2.12. The van der Waals surface area contributed by atoms with E-state index in [1.165, 1.54) is 0 Å². The maximum absolute atomic E-state index is 5.42. The van der Waals surface area contributed by atoms with Crippen molar-refractivity contribution < 1.29 is 4.42 Å². The third-order valence-electron chi connectivity index (χ3n) is 2.63. The Labute approximate surface area is 93.7 Å². The van der Waals surface area contributed by atoms with Crippen LogP contribution in [0, 0.1) is 20.8 Å². The van der Waals surface area contributed by atoms with Gasteiger partial charge in [-0.05, 0) is 26.8 Å². The van der Waals surface area contributed by atoms with Crippen LogP contribution in [0.5, 0.6) is 0 Å². The summed E-state index contributed by atoms with van der Waals surface area (Å²) in [6, 6.07) is 1.85. The molecule has 0 unspecified atom stereocenters. The topological polar surface area (TPSA) is 77.0 Å². The van der Waals surface area contributed by atoms with Crippen LogP contribution in [0.1, 0.15) is 17.0 Å². The quantitative estimate of drug-likeness (QED) is 0.595. The monoisotopic (exact) mass is 218 g/mol. The molecule has 2 aromatic heterocycles. The summed E-state index contributed by atoms with van der Waals surface area (Å²) in [6.07, 6.45) is 1.62. The van der Waals surface area contributed by atoms with Crippen molar-refractivity contribution in [1.82, 2.24) is 9.97 Å². The number of aromatic nitrogens is 2. The number of hydrogen-bond donors (Lipinski definition) is 2. The molecule has 0 fully saturated rings. The van der Waals surface area contributed by atoms with Crippen molar-refractivity contribution in [3.05, 3.63) is 29.3 Å². The molecule has 5 nitrogen and oxygen atoms in total. The van der Waals surface area contributed by atoms with Crippen LogP contribution in [-0.2, 0) is 0 Å². The summed E-state index contributed by atoms with van der Waals surface area (Å²) in [4.78, 5) is 8.77. The second kappa shape index (κ2) is 3.94. The first-order valence-corrected chi connectivity index (χ1v) is 4.99. The van der Waals surface area contributed by atoms with E-state index in [9.17, 15) is 0 Å². The molecule has 0 saturated carbocycles. The van der Waals surface area contributed by atoms with Gasteiger partial charge < -0.3 is 9.84 Å². The minimum absolute atomic E-state index is 0.627. The van der Waals surface area contributed by atoms with E-state index < -0.39 is 0 Å². The van der Waals surface area contributed by atoms with Crippen molar-refractivity contribution in [2.24, 2.45) is 5.84 Å². The number of nitrogen functional groups attached to an aromatic ring is 1. The molecule has 2 heterocycles. The van der Waals surface area contributed by atoms with Gasteiger partial charge in [-0.25, -0.2) is 15.8 Å². The molecule has 0 aliphatic heterocycles. The van der Waals surface area contributed by atoms with E-state index in [-0.39, 0.29) is 0 Å². The molecule has 3 N–H and O–H groups in total. The minimum atomic E-state index is 0.627. The molecule has 0 saturated heterocycles. The third kappa shape index (κ3) is 1.65. The fourth-order valence-electron chi connectivity index (χ4n) is 1.51. The fraction of sp³-hybridized carbons (Fsp3) is 0.273. The van der Waals surface area contributed by atoms with Gasteiger partial charge in [0.2, 0.25) is 0 Å². The predicted molar refractivity (Wildman–Crippen MR) is 61.8 cm³/mol. The molecule has 0 radical (unpaired) electrons. The molecule has 0 bridgehead atoms. The van der Waals surface area contributed by atoms with Gasteiger partial charge in [-0.2, -0.15) is 0 Å². The molecule has 0 aliphatic carbocycles. The highest BCUT2D eigenvalue weighted by atomic mass is 16.3. The smallest absolute Gasteiger partial charge is 0.165 e. The normalized spacial score (nSPS) is 10.5. The summed E-state index contributed by atoms with van der Waals surface area (Å²) < 4.78 is 5.23. The van der Waals surface area contributed by atoms with Crippen molar-refractivity contribution in [3.8, 4) is 11.4 Å². The van der Waals surface area contributed by atoms with E-state index in [4.69, 9.17) is 10.3 Å². The van der Waals surface area contributed by atoms with Crippen LogP contribution in [-0.4, -0.2) is 9.97 Å². The first kappa shape index (κ1) is 10.6. The van der Waals surface area contributed by atoms with E-state index in [0.29, 0.717) is 11.6 Å². The second-order valence-electron chi connectivity index (χ2n) is 3.64. The fourth-order valence-corrected chi connectivity index (χ4v) is 1.51. The molecule has 0 spiro atoms. The van der Waals surface area contributed by atoms with Gasteiger partial charge in [0, 0.05) is 11.3 Å². The molecule has 0 atom stereocenters. The van der Waals surface area contributed by atoms with Crippen LogP contribution in [0.2, 0.25) is 0 Å². The summed E-state index contributed by atoms with van der Waals surface area (Å²) in [5.74, 6) is 7.48. The van der Waals surface area contributed by atoms with Gasteiger partial charge in [-0.3, -0.25) is 0 Å². The van der Waals surface area contributed by atoms with Crippen LogP contribution in [0.25, 0.3) is 11.4 Å². The number of furan rings is 1. The van der Waals surface area contributed by atoms with Crippen LogP contribution < -0.4 is 11.3 Å². The van der Waals surface area contributed by atoms with E-state index in [1.807, 2.05) is 26.8 Å². The van der Waals surface area contributed by atoms with Crippen LogP contribution in [0.15, 0.2) is 16.7 Å². The molecule has 84 valence electrons. The zero-order chi connectivity index (χ0) is 11.7. The minimum Gasteiger partial charge on any atom is -0.469 e. The first-order valence-electron chi connectivity index (χ1n) is 4.99. The number of anilines is 1. The molecule has 0 amide bonds. The highest BCUT2D eigenvalue weighted by Crippen LogP contribution is 2.24. The predicted octanol–water partition coefficient (Wildman–Crippen LogP) is 1.95. The Morgan fingerprint density at radius 3 is 2.56 bits per heavy atom. The maximum Gasteiger partial charge on any atom is 0.165 e. The Morgan fingerprint density at radius 1 is 1.25 bits per heavy atom. The molecule has 0 aromatic carbocycles. The van der Waals surface area contributed by atoms with Gasteiger partial charge in [-0.1, -0.05) is 0 Å². The maximum atomic E-state index is 5.42. The van der Waals surface area contributed by atoms with Gasteiger partial charge in [0.1, 0.15) is 11.6 Å². The van der Waals surface area contributed by atoms with Crippen molar-refractivity contribution in [3.63, 3.8) is 0 Å². The zero-order valence-electron chi connectivity index (χ0n) is 9.53. The molecular weight excluding hydrogens is 204 g/mol. The Morgan fingerprint density at radius 2 is 2.00 bits per heavy atom. The number of hydrogen-bond acceptors (Lipinski definition) is 5. The summed E-state index contributed by atoms with van der Waals surface area (Å²) in [5, 5.41) is 0. The van der Waals surface area contributed by atoms with Gasteiger partial charge >= 0.3 is 0 Å². The summed E-state index contributed by atoms with van der Waals surface area (Å²) in [5.41, 5.74) is 5.32. The summed E-state index contributed by atoms with van der Waals surface area (Å²) in [7, 11) is 0. The molecule has 2 rings (SSSR count). The van der Waals surface area contributed by atoms with Crippen LogP contribution in [0.3, 0.4) is 0 Å². The Bertz CT molecular complexity index is 519. The first-order chi connectivity index (χ1) is 7.63. The lowest BCUT2D eigenvalue weighted by molar-refractivity contribution is 0.535. The van der Waals surface area contributed by atoms with E-state index >= 15 is 0 Å².